The van der Waals surface area contributed by atoms with Crippen LogP contribution in [0.4, 0.5) is 0 Å². The average Bonchev–Trinajstić information content (AvgIpc) is 2.55. The molecule has 0 bridgehead atoms. The highest BCUT2D eigenvalue weighted by molar-refractivity contribution is 9.11. The Morgan fingerprint density at radius 3 is 3.00 bits per heavy atom. The Balaban J connectivity index is 2.40. The first-order chi connectivity index (χ1) is 6.70. The second kappa shape index (κ2) is 3.58. The van der Waals surface area contributed by atoms with Crippen molar-refractivity contribution in [3.8, 4) is 0 Å². The van der Waals surface area contributed by atoms with Gasteiger partial charge in [-0.2, -0.15) is 0 Å². The van der Waals surface area contributed by atoms with Gasteiger partial charge in [0.05, 0.1) is 12.7 Å². The highest BCUT2D eigenvalue weighted by atomic mass is 79.9. The third kappa shape index (κ3) is 1.60. The predicted octanol–water partition coefficient (Wildman–Crippen LogP) is 2.77. The number of fused-ring (bicyclic) bond motifs is 1. The van der Waals surface area contributed by atoms with Crippen LogP contribution in [0.1, 0.15) is 21.5 Å². The Hall–Kier alpha value is -1.09. The van der Waals surface area contributed by atoms with E-state index in [1.165, 1.54) is 12.7 Å². The number of methoxy groups -OCH3 is 1. The second-order valence-electron chi connectivity index (χ2n) is 3.17. The number of carbonyl (C=O) groups is 1. The molecule has 0 aromatic heterocycles. The van der Waals surface area contributed by atoms with Crippen molar-refractivity contribution in [2.45, 2.75) is 6.42 Å². The molecule has 1 aliphatic rings. The Bertz CT molecular complexity index is 421. The molecule has 0 spiro atoms. The molecule has 0 saturated carbocycles. The molecule has 0 heterocycles. The Labute approximate surface area is 90.7 Å². The molecule has 0 fully saturated rings. The van der Waals surface area contributed by atoms with Crippen molar-refractivity contribution in [1.29, 1.82) is 0 Å². The number of halogens is 1. The van der Waals surface area contributed by atoms with Gasteiger partial charge in [0.2, 0.25) is 0 Å². The van der Waals surface area contributed by atoms with E-state index in [-0.39, 0.29) is 5.97 Å². The molecule has 14 heavy (non-hydrogen) atoms. The van der Waals surface area contributed by atoms with Crippen LogP contribution in [-0.4, -0.2) is 13.1 Å². The van der Waals surface area contributed by atoms with Crippen molar-refractivity contribution in [3.05, 3.63) is 39.4 Å². The van der Waals surface area contributed by atoms with Gasteiger partial charge in [0.15, 0.2) is 0 Å². The number of allylic oxidation sites excluding steroid dienone is 1. The first-order valence-electron chi connectivity index (χ1n) is 4.28. The monoisotopic (exact) mass is 252 g/mol. The smallest absolute Gasteiger partial charge is 0.337 e. The van der Waals surface area contributed by atoms with E-state index in [1.54, 1.807) is 6.07 Å². The van der Waals surface area contributed by atoms with Gasteiger partial charge in [-0.3, -0.25) is 0 Å². The van der Waals surface area contributed by atoms with Crippen LogP contribution in [0.25, 0.3) is 6.08 Å². The second-order valence-corrected chi connectivity index (χ2v) is 4.19. The number of esters is 1. The number of rotatable bonds is 1. The Morgan fingerprint density at radius 2 is 2.29 bits per heavy atom. The van der Waals surface area contributed by atoms with E-state index in [4.69, 9.17) is 0 Å². The lowest BCUT2D eigenvalue weighted by Crippen LogP contribution is -2.01. The summed E-state index contributed by atoms with van der Waals surface area (Å²) in [4.78, 5) is 11.2. The maximum absolute atomic E-state index is 11.2. The van der Waals surface area contributed by atoms with Crippen molar-refractivity contribution in [3.63, 3.8) is 0 Å². The van der Waals surface area contributed by atoms with Crippen LogP contribution in [0.15, 0.2) is 22.7 Å². The number of carbonyl (C=O) groups excluding carboxylic acids is 1. The van der Waals surface area contributed by atoms with Crippen LogP contribution < -0.4 is 0 Å². The summed E-state index contributed by atoms with van der Waals surface area (Å²) < 4.78 is 5.80. The van der Waals surface area contributed by atoms with Gasteiger partial charge in [0, 0.05) is 10.9 Å². The zero-order valence-corrected chi connectivity index (χ0v) is 9.30. The van der Waals surface area contributed by atoms with Crippen molar-refractivity contribution < 1.29 is 9.53 Å². The number of hydrogen-bond acceptors (Lipinski definition) is 2. The molecule has 0 radical (unpaired) electrons. The summed E-state index contributed by atoms with van der Waals surface area (Å²) in [5.74, 6) is -0.288. The van der Waals surface area contributed by atoms with Crippen molar-refractivity contribution in [1.82, 2.24) is 0 Å². The minimum Gasteiger partial charge on any atom is -0.465 e. The number of benzene rings is 1. The standard InChI is InChI=1S/C11H9BrO2/c1-14-11(13)8-3-2-7-5-10(12)6-9(7)4-8/h2-4,6H,5H2,1H3. The Kier molecular flexibility index (Phi) is 2.42. The lowest BCUT2D eigenvalue weighted by molar-refractivity contribution is 0.0600. The van der Waals surface area contributed by atoms with Gasteiger partial charge in [0.25, 0.3) is 0 Å². The third-order valence-corrected chi connectivity index (χ3v) is 2.75. The summed E-state index contributed by atoms with van der Waals surface area (Å²) in [6.07, 6.45) is 2.94. The van der Waals surface area contributed by atoms with Gasteiger partial charge < -0.3 is 4.74 Å². The molecule has 3 heteroatoms. The van der Waals surface area contributed by atoms with E-state index >= 15 is 0 Å². The van der Waals surface area contributed by atoms with Gasteiger partial charge in [0.1, 0.15) is 0 Å². The van der Waals surface area contributed by atoms with Gasteiger partial charge in [-0.25, -0.2) is 4.79 Å². The molecule has 0 amide bonds. The minimum atomic E-state index is -0.288. The zero-order chi connectivity index (χ0) is 10.1. The Morgan fingerprint density at radius 1 is 1.50 bits per heavy atom. The molecular weight excluding hydrogens is 244 g/mol. The molecule has 1 aromatic carbocycles. The molecule has 0 unspecified atom stereocenters. The van der Waals surface area contributed by atoms with E-state index in [1.807, 2.05) is 18.2 Å². The molecule has 0 atom stereocenters. The first kappa shape index (κ1) is 9.46. The van der Waals surface area contributed by atoms with Gasteiger partial charge in [-0.1, -0.05) is 22.0 Å². The molecule has 2 nitrogen and oxygen atoms in total. The van der Waals surface area contributed by atoms with E-state index in [9.17, 15) is 4.79 Å². The molecule has 2 rings (SSSR count). The molecule has 72 valence electrons. The summed E-state index contributed by atoms with van der Waals surface area (Å²) in [7, 11) is 1.39. The fourth-order valence-electron chi connectivity index (χ4n) is 1.54. The minimum absolute atomic E-state index is 0.288. The lowest BCUT2D eigenvalue weighted by atomic mass is 10.1. The topological polar surface area (TPSA) is 26.3 Å². The van der Waals surface area contributed by atoms with Crippen molar-refractivity contribution >= 4 is 28.0 Å². The molecule has 1 aliphatic carbocycles. The molecule has 1 aromatic rings. The summed E-state index contributed by atoms with van der Waals surface area (Å²) in [6, 6.07) is 5.62. The van der Waals surface area contributed by atoms with Crippen molar-refractivity contribution in [2.75, 3.05) is 7.11 Å². The fourth-order valence-corrected chi connectivity index (χ4v) is 2.09. The van der Waals surface area contributed by atoms with Crippen LogP contribution in [0.3, 0.4) is 0 Å². The maximum atomic E-state index is 11.2. The highest BCUT2D eigenvalue weighted by Crippen LogP contribution is 2.29. The molecule has 0 N–H and O–H groups in total. The van der Waals surface area contributed by atoms with Gasteiger partial charge in [-0.15, -0.1) is 0 Å². The molecular formula is C11H9BrO2. The van der Waals surface area contributed by atoms with E-state index in [2.05, 4.69) is 20.7 Å². The summed E-state index contributed by atoms with van der Waals surface area (Å²) >= 11 is 3.44. The van der Waals surface area contributed by atoms with Crippen molar-refractivity contribution in [2.24, 2.45) is 0 Å². The van der Waals surface area contributed by atoms with Crippen LogP contribution >= 0.6 is 15.9 Å². The summed E-state index contributed by atoms with van der Waals surface area (Å²) in [5.41, 5.74) is 2.94. The largest absolute Gasteiger partial charge is 0.465 e. The summed E-state index contributed by atoms with van der Waals surface area (Å²) in [5, 5.41) is 0. The molecule has 0 saturated heterocycles. The highest BCUT2D eigenvalue weighted by Gasteiger charge is 2.13. The van der Waals surface area contributed by atoms with E-state index in [0.717, 1.165) is 16.5 Å². The number of hydrogen-bond donors (Lipinski definition) is 0. The van der Waals surface area contributed by atoms with Crippen LogP contribution in [0.5, 0.6) is 0 Å². The fraction of sp³-hybridized carbons (Fsp3) is 0.182. The predicted molar refractivity (Wildman–Crippen MR) is 58.4 cm³/mol. The van der Waals surface area contributed by atoms with Gasteiger partial charge in [-0.05, 0) is 29.3 Å². The zero-order valence-electron chi connectivity index (χ0n) is 7.71. The van der Waals surface area contributed by atoms with Gasteiger partial charge >= 0.3 is 5.97 Å². The molecule has 0 aliphatic heterocycles. The first-order valence-corrected chi connectivity index (χ1v) is 5.07. The quantitative estimate of drug-likeness (QED) is 0.719. The lowest BCUT2D eigenvalue weighted by Gasteiger charge is -2.02. The third-order valence-electron chi connectivity index (χ3n) is 2.24. The normalized spacial score (nSPS) is 13.4. The van der Waals surface area contributed by atoms with Crippen LogP contribution in [0, 0.1) is 0 Å². The summed E-state index contributed by atoms with van der Waals surface area (Å²) in [6.45, 7) is 0. The maximum Gasteiger partial charge on any atom is 0.337 e. The van der Waals surface area contributed by atoms with E-state index < -0.39 is 0 Å². The van der Waals surface area contributed by atoms with Crippen LogP contribution in [-0.2, 0) is 11.2 Å². The van der Waals surface area contributed by atoms with E-state index in [0.29, 0.717) is 5.56 Å². The average molecular weight is 253 g/mol. The SMILES string of the molecule is COC(=O)c1ccc2c(c1)C=C(Br)C2. The number of ether oxygens (including phenoxy) is 1. The van der Waals surface area contributed by atoms with Crippen LogP contribution in [0.2, 0.25) is 0 Å².